The molecule has 0 bridgehead atoms. The maximum atomic E-state index is 11.9. The van der Waals surface area contributed by atoms with Gasteiger partial charge >= 0.3 is 6.18 Å². The average Bonchev–Trinajstić information content (AvgIpc) is 2.81. The Morgan fingerprint density at radius 3 is 2.71 bits per heavy atom. The molecule has 0 radical (unpaired) electrons. The summed E-state index contributed by atoms with van der Waals surface area (Å²) in [6.07, 6.45) is -1.43. The molecule has 0 aliphatic heterocycles. The van der Waals surface area contributed by atoms with Crippen LogP contribution in [0.2, 0.25) is 0 Å². The van der Waals surface area contributed by atoms with Gasteiger partial charge in [0.05, 0.1) is 6.42 Å². The highest BCUT2D eigenvalue weighted by molar-refractivity contribution is 4.95. The number of aromatic nitrogens is 3. The molecule has 0 saturated heterocycles. The fraction of sp³-hybridized carbons (Fsp3) is 0.750. The minimum absolute atomic E-state index is 0.0694. The van der Waals surface area contributed by atoms with Crippen molar-refractivity contribution in [3.63, 3.8) is 0 Å². The summed E-state index contributed by atoms with van der Waals surface area (Å²) in [6, 6.07) is 0.341. The van der Waals surface area contributed by atoms with Crippen molar-refractivity contribution in [1.82, 2.24) is 14.8 Å². The largest absolute Gasteiger partial charge is 0.389 e. The van der Waals surface area contributed by atoms with Crippen LogP contribution in [0.4, 0.5) is 13.2 Å². The molecule has 1 saturated carbocycles. The van der Waals surface area contributed by atoms with Gasteiger partial charge in [-0.25, -0.2) is 0 Å². The van der Waals surface area contributed by atoms with Crippen LogP contribution in [-0.4, -0.2) is 20.9 Å². The van der Waals surface area contributed by atoms with Crippen molar-refractivity contribution in [2.45, 2.75) is 37.9 Å². The summed E-state index contributed by atoms with van der Waals surface area (Å²) in [4.78, 5) is 0. The zero-order valence-electron chi connectivity index (χ0n) is 7.46. The summed E-state index contributed by atoms with van der Waals surface area (Å²) < 4.78 is 37.6. The standard InChI is InChI=1S/C8H10F3N3/c9-8(10,11)4-3-7-13-12-5-14(7)6-1-2-6/h5-6H,1-4H2. The Kier molecular flexibility index (Phi) is 2.20. The summed E-state index contributed by atoms with van der Waals surface area (Å²) in [6.45, 7) is 0. The minimum atomic E-state index is -4.11. The van der Waals surface area contributed by atoms with E-state index in [-0.39, 0.29) is 6.42 Å². The van der Waals surface area contributed by atoms with Crippen LogP contribution >= 0.6 is 0 Å². The van der Waals surface area contributed by atoms with Crippen LogP contribution in [0.5, 0.6) is 0 Å². The first-order chi connectivity index (χ1) is 6.56. The maximum Gasteiger partial charge on any atom is 0.389 e. The van der Waals surface area contributed by atoms with E-state index in [0.29, 0.717) is 11.9 Å². The first-order valence-electron chi connectivity index (χ1n) is 4.51. The van der Waals surface area contributed by atoms with Gasteiger partial charge in [0.1, 0.15) is 12.2 Å². The van der Waals surface area contributed by atoms with Crippen molar-refractivity contribution < 1.29 is 13.2 Å². The van der Waals surface area contributed by atoms with Gasteiger partial charge in [-0.3, -0.25) is 0 Å². The van der Waals surface area contributed by atoms with E-state index < -0.39 is 12.6 Å². The molecule has 1 aromatic heterocycles. The van der Waals surface area contributed by atoms with E-state index >= 15 is 0 Å². The number of alkyl halides is 3. The summed E-state index contributed by atoms with van der Waals surface area (Å²) in [7, 11) is 0. The molecule has 1 heterocycles. The molecule has 0 aromatic carbocycles. The zero-order chi connectivity index (χ0) is 10.2. The molecule has 0 atom stereocenters. The lowest BCUT2D eigenvalue weighted by Gasteiger charge is -2.06. The molecule has 0 N–H and O–H groups in total. The summed E-state index contributed by atoms with van der Waals surface area (Å²) in [5.74, 6) is 0.449. The Hall–Kier alpha value is -1.07. The third-order valence-electron chi connectivity index (χ3n) is 2.22. The van der Waals surface area contributed by atoms with E-state index in [2.05, 4.69) is 10.2 Å². The van der Waals surface area contributed by atoms with E-state index in [1.807, 2.05) is 0 Å². The van der Waals surface area contributed by atoms with Crippen molar-refractivity contribution in [3.8, 4) is 0 Å². The van der Waals surface area contributed by atoms with Crippen molar-refractivity contribution >= 4 is 0 Å². The predicted molar refractivity (Wildman–Crippen MR) is 42.7 cm³/mol. The van der Waals surface area contributed by atoms with Crippen molar-refractivity contribution in [2.24, 2.45) is 0 Å². The van der Waals surface area contributed by atoms with Gasteiger partial charge in [0.2, 0.25) is 0 Å². The topological polar surface area (TPSA) is 30.7 Å². The second-order valence-corrected chi connectivity index (χ2v) is 3.50. The Bertz CT molecular complexity index is 314. The first kappa shape index (κ1) is 9.48. The number of hydrogen-bond donors (Lipinski definition) is 0. The number of hydrogen-bond acceptors (Lipinski definition) is 2. The third kappa shape index (κ3) is 2.24. The Morgan fingerprint density at radius 1 is 1.43 bits per heavy atom. The van der Waals surface area contributed by atoms with E-state index in [9.17, 15) is 13.2 Å². The van der Waals surface area contributed by atoms with E-state index in [4.69, 9.17) is 0 Å². The fourth-order valence-electron chi connectivity index (χ4n) is 1.36. The predicted octanol–water partition coefficient (Wildman–Crippen LogP) is 2.11. The van der Waals surface area contributed by atoms with Crippen molar-refractivity contribution in [1.29, 1.82) is 0 Å². The van der Waals surface area contributed by atoms with Crippen LogP contribution in [0.3, 0.4) is 0 Å². The Balaban J connectivity index is 1.98. The molecule has 6 heteroatoms. The third-order valence-corrected chi connectivity index (χ3v) is 2.22. The molecule has 0 spiro atoms. The zero-order valence-corrected chi connectivity index (χ0v) is 7.46. The maximum absolute atomic E-state index is 11.9. The number of rotatable bonds is 3. The molecule has 2 rings (SSSR count). The van der Waals surface area contributed by atoms with Gasteiger partial charge in [-0.1, -0.05) is 0 Å². The lowest BCUT2D eigenvalue weighted by Crippen LogP contribution is -2.11. The van der Waals surface area contributed by atoms with Crippen LogP contribution in [0.15, 0.2) is 6.33 Å². The molecule has 1 fully saturated rings. The molecule has 1 aromatic rings. The SMILES string of the molecule is FC(F)(F)CCc1nncn1C1CC1. The van der Waals surface area contributed by atoms with Crippen LogP contribution in [0, 0.1) is 0 Å². The van der Waals surface area contributed by atoms with Crippen LogP contribution in [0.1, 0.15) is 31.1 Å². The van der Waals surface area contributed by atoms with Crippen molar-refractivity contribution in [3.05, 3.63) is 12.2 Å². The monoisotopic (exact) mass is 205 g/mol. The highest BCUT2D eigenvalue weighted by Crippen LogP contribution is 2.35. The smallest absolute Gasteiger partial charge is 0.314 e. The molecular formula is C8H10F3N3. The number of nitrogens with zero attached hydrogens (tertiary/aromatic N) is 3. The molecule has 1 aliphatic rings. The van der Waals surface area contributed by atoms with Gasteiger partial charge in [0.15, 0.2) is 0 Å². The molecule has 1 aliphatic carbocycles. The van der Waals surface area contributed by atoms with E-state index in [1.165, 1.54) is 6.33 Å². The van der Waals surface area contributed by atoms with Gasteiger partial charge in [0.25, 0.3) is 0 Å². The van der Waals surface area contributed by atoms with E-state index in [1.54, 1.807) is 4.57 Å². The van der Waals surface area contributed by atoms with Gasteiger partial charge in [-0.2, -0.15) is 13.2 Å². The average molecular weight is 205 g/mol. The van der Waals surface area contributed by atoms with Gasteiger partial charge in [-0.15, -0.1) is 10.2 Å². The van der Waals surface area contributed by atoms with Crippen molar-refractivity contribution in [2.75, 3.05) is 0 Å². The molecule has 0 amide bonds. The lowest BCUT2D eigenvalue weighted by atomic mass is 10.3. The second-order valence-electron chi connectivity index (χ2n) is 3.50. The van der Waals surface area contributed by atoms with E-state index in [0.717, 1.165) is 12.8 Å². The molecule has 0 unspecified atom stereocenters. The fourth-order valence-corrected chi connectivity index (χ4v) is 1.36. The molecule has 14 heavy (non-hydrogen) atoms. The summed E-state index contributed by atoms with van der Waals surface area (Å²) in [5, 5.41) is 7.32. The first-order valence-corrected chi connectivity index (χ1v) is 4.51. The van der Waals surface area contributed by atoms with Crippen LogP contribution in [0.25, 0.3) is 0 Å². The van der Waals surface area contributed by atoms with Gasteiger partial charge in [0, 0.05) is 12.5 Å². The molecule has 78 valence electrons. The lowest BCUT2D eigenvalue weighted by molar-refractivity contribution is -0.134. The Labute approximate surface area is 78.9 Å². The highest BCUT2D eigenvalue weighted by Gasteiger charge is 2.30. The summed E-state index contributed by atoms with van der Waals surface area (Å²) in [5.41, 5.74) is 0. The van der Waals surface area contributed by atoms with Gasteiger partial charge < -0.3 is 4.57 Å². The number of halogens is 3. The minimum Gasteiger partial charge on any atom is -0.314 e. The highest BCUT2D eigenvalue weighted by atomic mass is 19.4. The van der Waals surface area contributed by atoms with Crippen LogP contribution in [-0.2, 0) is 6.42 Å². The number of aryl methyl sites for hydroxylation is 1. The van der Waals surface area contributed by atoms with Crippen LogP contribution < -0.4 is 0 Å². The summed E-state index contributed by atoms with van der Waals surface area (Å²) >= 11 is 0. The quantitative estimate of drug-likeness (QED) is 0.756. The molecule has 3 nitrogen and oxygen atoms in total. The normalized spacial score (nSPS) is 17.4. The second kappa shape index (κ2) is 3.25. The molecular weight excluding hydrogens is 195 g/mol. The Morgan fingerprint density at radius 2 is 2.14 bits per heavy atom. The van der Waals surface area contributed by atoms with Gasteiger partial charge in [-0.05, 0) is 12.8 Å².